The van der Waals surface area contributed by atoms with Crippen molar-refractivity contribution in [2.75, 3.05) is 26.2 Å². The molecule has 1 aliphatic heterocycles. The van der Waals surface area contributed by atoms with E-state index in [1.165, 1.54) is 16.0 Å². The molecule has 0 saturated carbocycles. The van der Waals surface area contributed by atoms with Crippen molar-refractivity contribution in [2.24, 2.45) is 4.99 Å². The summed E-state index contributed by atoms with van der Waals surface area (Å²) in [7, 11) is 0. The van der Waals surface area contributed by atoms with Crippen molar-refractivity contribution in [1.82, 2.24) is 15.5 Å². The van der Waals surface area contributed by atoms with Crippen molar-refractivity contribution >= 4 is 23.2 Å². The number of hydrogen-bond donors (Lipinski definition) is 2. The number of hydrogen-bond acceptors (Lipinski definition) is 3. The van der Waals surface area contributed by atoms with E-state index >= 15 is 0 Å². The van der Waals surface area contributed by atoms with Gasteiger partial charge in [0.2, 0.25) is 5.91 Å². The molecule has 6 heteroatoms. The van der Waals surface area contributed by atoms with Gasteiger partial charge in [0, 0.05) is 37.0 Å². The van der Waals surface area contributed by atoms with E-state index in [0.29, 0.717) is 18.4 Å². The first-order valence-electron chi connectivity index (χ1n) is 9.57. The maximum atomic E-state index is 12.6. The second kappa shape index (κ2) is 9.55. The Morgan fingerprint density at radius 2 is 2.04 bits per heavy atom. The van der Waals surface area contributed by atoms with Crippen LogP contribution in [-0.4, -0.2) is 42.9 Å². The molecule has 0 saturated heterocycles. The normalized spacial score (nSPS) is 15.2. The van der Waals surface area contributed by atoms with Crippen LogP contribution in [0.3, 0.4) is 0 Å². The first-order valence-corrected chi connectivity index (χ1v) is 10.5. The molecule has 0 bridgehead atoms. The maximum absolute atomic E-state index is 12.6. The maximum Gasteiger partial charge on any atom is 0.244 e. The Balaban J connectivity index is 1.54. The zero-order chi connectivity index (χ0) is 19.1. The Morgan fingerprint density at radius 1 is 1.22 bits per heavy atom. The summed E-state index contributed by atoms with van der Waals surface area (Å²) in [6, 6.07) is 12.6. The quantitative estimate of drug-likeness (QED) is 0.595. The number of amides is 1. The van der Waals surface area contributed by atoms with Crippen LogP contribution in [0.2, 0.25) is 0 Å². The molecule has 1 unspecified atom stereocenters. The Hall–Kier alpha value is -2.34. The van der Waals surface area contributed by atoms with Crippen LogP contribution >= 0.6 is 11.3 Å². The Labute approximate surface area is 165 Å². The van der Waals surface area contributed by atoms with Gasteiger partial charge in [-0.3, -0.25) is 4.79 Å². The van der Waals surface area contributed by atoms with E-state index in [0.717, 1.165) is 26.1 Å². The fraction of sp³-hybridized carbons (Fsp3) is 0.429. The number of fused-ring (bicyclic) bond motifs is 1. The summed E-state index contributed by atoms with van der Waals surface area (Å²) in [6.45, 7) is 7.41. The van der Waals surface area contributed by atoms with Gasteiger partial charge in [-0.2, -0.15) is 0 Å². The van der Waals surface area contributed by atoms with E-state index in [4.69, 9.17) is 0 Å². The third-order valence-electron chi connectivity index (χ3n) is 4.80. The van der Waals surface area contributed by atoms with Gasteiger partial charge in [0.25, 0.3) is 0 Å². The Bertz CT molecular complexity index is 772. The van der Waals surface area contributed by atoms with Gasteiger partial charge in [-0.1, -0.05) is 37.3 Å². The van der Waals surface area contributed by atoms with Crippen molar-refractivity contribution in [3.63, 3.8) is 0 Å². The molecule has 0 radical (unpaired) electrons. The molecule has 144 valence electrons. The average Bonchev–Trinajstić information content (AvgIpc) is 3.24. The van der Waals surface area contributed by atoms with Gasteiger partial charge in [-0.15, -0.1) is 11.3 Å². The van der Waals surface area contributed by atoms with Crippen LogP contribution in [0.4, 0.5) is 0 Å². The van der Waals surface area contributed by atoms with Gasteiger partial charge in [-0.25, -0.2) is 4.99 Å². The minimum atomic E-state index is 0.0769. The highest BCUT2D eigenvalue weighted by atomic mass is 32.1. The summed E-state index contributed by atoms with van der Waals surface area (Å²) in [5, 5.41) is 8.68. The zero-order valence-electron chi connectivity index (χ0n) is 16.1. The summed E-state index contributed by atoms with van der Waals surface area (Å²) in [5.41, 5.74) is 2.60. The van der Waals surface area contributed by atoms with E-state index in [1.54, 1.807) is 11.3 Å². The van der Waals surface area contributed by atoms with Crippen LogP contribution in [0, 0.1) is 0 Å². The summed E-state index contributed by atoms with van der Waals surface area (Å²) in [5.74, 6) is 1.18. The van der Waals surface area contributed by atoms with E-state index in [-0.39, 0.29) is 12.5 Å². The first kappa shape index (κ1) is 19.4. The highest BCUT2D eigenvalue weighted by Crippen LogP contribution is 2.20. The number of carbonyl (C=O) groups is 1. The Morgan fingerprint density at radius 3 is 2.78 bits per heavy atom. The summed E-state index contributed by atoms with van der Waals surface area (Å²) >= 11 is 1.77. The number of benzene rings is 1. The SMILES string of the molecule is CCNC(=NCC(=O)N1CCc2ccccc2C1)NCC(C)c1cccs1. The number of aliphatic imine (C=N–C) groups is 1. The highest BCUT2D eigenvalue weighted by molar-refractivity contribution is 7.10. The molecule has 27 heavy (non-hydrogen) atoms. The van der Waals surface area contributed by atoms with Crippen molar-refractivity contribution in [2.45, 2.75) is 32.7 Å². The van der Waals surface area contributed by atoms with Crippen LogP contribution < -0.4 is 10.6 Å². The van der Waals surface area contributed by atoms with E-state index < -0.39 is 0 Å². The highest BCUT2D eigenvalue weighted by Gasteiger charge is 2.20. The molecule has 0 spiro atoms. The number of rotatable bonds is 6. The molecular weight excluding hydrogens is 356 g/mol. The van der Waals surface area contributed by atoms with E-state index in [9.17, 15) is 4.79 Å². The molecule has 2 heterocycles. The molecule has 2 aromatic rings. The molecule has 1 aromatic carbocycles. The van der Waals surface area contributed by atoms with Gasteiger partial charge < -0.3 is 15.5 Å². The fourth-order valence-corrected chi connectivity index (χ4v) is 4.01. The van der Waals surface area contributed by atoms with Crippen molar-refractivity contribution in [3.05, 3.63) is 57.8 Å². The van der Waals surface area contributed by atoms with Gasteiger partial charge in [0.05, 0.1) is 0 Å². The first-order chi connectivity index (χ1) is 13.2. The topological polar surface area (TPSA) is 56.7 Å². The predicted octanol–water partition coefficient (Wildman–Crippen LogP) is 2.99. The molecule has 0 fully saturated rings. The largest absolute Gasteiger partial charge is 0.357 e. The minimum Gasteiger partial charge on any atom is -0.357 e. The monoisotopic (exact) mass is 384 g/mol. The molecule has 3 rings (SSSR count). The van der Waals surface area contributed by atoms with Gasteiger partial charge in [0.1, 0.15) is 6.54 Å². The number of guanidine groups is 1. The van der Waals surface area contributed by atoms with Crippen LogP contribution in [0.15, 0.2) is 46.8 Å². The lowest BCUT2D eigenvalue weighted by molar-refractivity contribution is -0.130. The van der Waals surface area contributed by atoms with Gasteiger partial charge in [0.15, 0.2) is 5.96 Å². The molecule has 1 atom stereocenters. The van der Waals surface area contributed by atoms with Crippen LogP contribution in [0.1, 0.15) is 35.8 Å². The number of nitrogens with zero attached hydrogens (tertiary/aromatic N) is 2. The number of carbonyl (C=O) groups excluding carboxylic acids is 1. The van der Waals surface area contributed by atoms with Crippen LogP contribution in [0.5, 0.6) is 0 Å². The minimum absolute atomic E-state index is 0.0769. The summed E-state index contributed by atoms with van der Waals surface area (Å²) < 4.78 is 0. The average molecular weight is 385 g/mol. The molecule has 0 aliphatic carbocycles. The lowest BCUT2D eigenvalue weighted by Crippen LogP contribution is -2.41. The standard InChI is InChI=1S/C21H28N4OS/c1-3-22-21(23-13-16(2)19-9-6-12-27-19)24-14-20(26)25-11-10-17-7-4-5-8-18(17)15-25/h4-9,12,16H,3,10-11,13-15H2,1-2H3,(H2,22,23,24). The zero-order valence-corrected chi connectivity index (χ0v) is 16.9. The van der Waals surface area contributed by atoms with Crippen molar-refractivity contribution in [1.29, 1.82) is 0 Å². The summed E-state index contributed by atoms with van der Waals surface area (Å²) in [6.07, 6.45) is 0.919. The Kier molecular flexibility index (Phi) is 6.87. The molecule has 2 N–H and O–H groups in total. The van der Waals surface area contributed by atoms with E-state index in [1.807, 2.05) is 17.9 Å². The van der Waals surface area contributed by atoms with Crippen molar-refractivity contribution in [3.8, 4) is 0 Å². The number of thiophene rings is 1. The van der Waals surface area contributed by atoms with Crippen molar-refractivity contribution < 1.29 is 4.79 Å². The second-order valence-corrected chi connectivity index (χ2v) is 7.81. The van der Waals surface area contributed by atoms with Crippen LogP contribution in [-0.2, 0) is 17.8 Å². The second-order valence-electron chi connectivity index (χ2n) is 6.83. The summed E-state index contributed by atoms with van der Waals surface area (Å²) in [4.78, 5) is 20.4. The smallest absolute Gasteiger partial charge is 0.244 e. The lowest BCUT2D eigenvalue weighted by Gasteiger charge is -2.28. The molecule has 5 nitrogen and oxygen atoms in total. The molecular formula is C21H28N4OS. The van der Waals surface area contributed by atoms with Gasteiger partial charge >= 0.3 is 0 Å². The number of nitrogens with one attached hydrogen (secondary N) is 2. The predicted molar refractivity (Wildman–Crippen MR) is 112 cm³/mol. The molecule has 1 aromatic heterocycles. The van der Waals surface area contributed by atoms with Gasteiger partial charge in [-0.05, 0) is 35.9 Å². The van der Waals surface area contributed by atoms with E-state index in [2.05, 4.69) is 58.3 Å². The lowest BCUT2D eigenvalue weighted by atomic mass is 10.00. The van der Waals surface area contributed by atoms with Crippen LogP contribution in [0.25, 0.3) is 0 Å². The molecule has 1 aliphatic rings. The third kappa shape index (κ3) is 5.32. The fourth-order valence-electron chi connectivity index (χ4n) is 3.22. The third-order valence-corrected chi connectivity index (χ3v) is 5.91. The molecule has 1 amide bonds.